The van der Waals surface area contributed by atoms with Crippen LogP contribution in [0.5, 0.6) is 5.75 Å². The van der Waals surface area contributed by atoms with Crippen LogP contribution in [0.1, 0.15) is 85.1 Å². The van der Waals surface area contributed by atoms with E-state index in [4.69, 9.17) is 4.74 Å². The molecule has 210 valence electrons. The molecule has 0 heterocycles. The van der Waals surface area contributed by atoms with Crippen molar-refractivity contribution in [3.05, 3.63) is 111 Å². The van der Waals surface area contributed by atoms with Crippen LogP contribution >= 0.6 is 0 Å². The summed E-state index contributed by atoms with van der Waals surface area (Å²) in [5, 5.41) is 0. The van der Waals surface area contributed by atoms with Crippen LogP contribution in [-0.2, 0) is 0 Å². The van der Waals surface area contributed by atoms with E-state index in [-0.39, 0.29) is 52.0 Å². The lowest BCUT2D eigenvalue weighted by atomic mass is 9.80. The fourth-order valence-corrected chi connectivity index (χ4v) is 5.87. The summed E-state index contributed by atoms with van der Waals surface area (Å²) in [6, 6.07) is 9.20. The van der Waals surface area contributed by atoms with E-state index < -0.39 is 34.9 Å². The molecule has 0 aliphatic heterocycles. The minimum Gasteiger partial charge on any atom is -0.491 e. The Morgan fingerprint density at radius 3 is 1.65 bits per heavy atom. The zero-order valence-electron chi connectivity index (χ0n) is 22.4. The number of rotatable bonds is 6. The predicted molar refractivity (Wildman–Crippen MR) is 144 cm³/mol. The molecule has 0 spiro atoms. The van der Waals surface area contributed by atoms with E-state index in [0.29, 0.717) is 49.7 Å². The van der Waals surface area contributed by atoms with Crippen molar-refractivity contribution in [1.82, 2.24) is 0 Å². The SMILES string of the molecule is CCOc1ccc(C2CC=C(c3ccc(C4CC=C(c5ccc(C)c(F)c5F)CC4)c(F)c3F)CC2)c(F)c1F. The number of allylic oxidation sites excluding steroid dienone is 4. The van der Waals surface area contributed by atoms with E-state index in [1.54, 1.807) is 37.3 Å². The van der Waals surface area contributed by atoms with Crippen molar-refractivity contribution in [3.63, 3.8) is 0 Å². The molecule has 7 heteroatoms. The molecule has 0 aromatic heterocycles. The average molecular weight is 557 g/mol. The lowest BCUT2D eigenvalue weighted by Crippen LogP contribution is -2.11. The highest BCUT2D eigenvalue weighted by molar-refractivity contribution is 5.69. The van der Waals surface area contributed by atoms with Crippen molar-refractivity contribution >= 4 is 11.1 Å². The maximum Gasteiger partial charge on any atom is 0.200 e. The highest BCUT2D eigenvalue weighted by atomic mass is 19.2. The topological polar surface area (TPSA) is 9.23 Å². The molecule has 3 aromatic carbocycles. The molecular formula is C33H30F6O. The molecule has 0 amide bonds. The van der Waals surface area contributed by atoms with E-state index in [9.17, 15) is 17.6 Å². The second-order valence-electron chi connectivity index (χ2n) is 10.5. The molecule has 0 saturated carbocycles. The van der Waals surface area contributed by atoms with Crippen molar-refractivity contribution in [2.45, 2.75) is 64.2 Å². The van der Waals surface area contributed by atoms with Crippen LogP contribution in [0.4, 0.5) is 26.3 Å². The molecule has 2 aliphatic rings. The summed E-state index contributed by atoms with van der Waals surface area (Å²) in [4.78, 5) is 0. The first kappa shape index (κ1) is 28.1. The number of hydrogen-bond donors (Lipinski definition) is 0. The Morgan fingerprint density at radius 1 is 0.625 bits per heavy atom. The van der Waals surface area contributed by atoms with Gasteiger partial charge in [-0.1, -0.05) is 42.5 Å². The summed E-state index contributed by atoms with van der Waals surface area (Å²) in [5.41, 5.74) is 2.41. The molecule has 2 unspecified atom stereocenters. The third-order valence-corrected chi connectivity index (χ3v) is 8.16. The quantitative estimate of drug-likeness (QED) is 0.275. The van der Waals surface area contributed by atoms with E-state index in [1.807, 2.05) is 0 Å². The first-order chi connectivity index (χ1) is 19.2. The lowest BCUT2D eigenvalue weighted by Gasteiger charge is -2.26. The molecule has 0 N–H and O–H groups in total. The van der Waals surface area contributed by atoms with Crippen LogP contribution < -0.4 is 4.74 Å². The van der Waals surface area contributed by atoms with Gasteiger partial charge >= 0.3 is 0 Å². The van der Waals surface area contributed by atoms with Gasteiger partial charge in [-0.25, -0.2) is 22.0 Å². The van der Waals surface area contributed by atoms with Crippen LogP contribution in [-0.4, -0.2) is 6.61 Å². The van der Waals surface area contributed by atoms with Gasteiger partial charge in [0.2, 0.25) is 5.82 Å². The Balaban J connectivity index is 1.31. The fraction of sp³-hybridized carbons (Fsp3) is 0.333. The van der Waals surface area contributed by atoms with Gasteiger partial charge in [0.15, 0.2) is 34.8 Å². The zero-order valence-corrected chi connectivity index (χ0v) is 22.4. The largest absolute Gasteiger partial charge is 0.491 e. The Bertz CT molecular complexity index is 1510. The minimum atomic E-state index is -1.02. The van der Waals surface area contributed by atoms with Crippen LogP contribution in [0.3, 0.4) is 0 Å². The standard InChI is InChI=1S/C33H30F6O/c1-3-40-27-17-16-26(32(38)33(27)39)22-11-9-21(10-12-22)25-15-14-24(30(36)31(25)37)20-7-5-19(6-8-20)23-13-4-18(2)28(34)29(23)35/h4-5,9,13-17,20,22H,3,6-8,10-12H2,1-2H3. The van der Waals surface area contributed by atoms with Gasteiger partial charge in [-0.05, 0) is 98.1 Å². The monoisotopic (exact) mass is 556 g/mol. The van der Waals surface area contributed by atoms with Crippen LogP contribution in [0.25, 0.3) is 11.1 Å². The van der Waals surface area contributed by atoms with Crippen LogP contribution in [0.15, 0.2) is 48.6 Å². The number of benzene rings is 3. The van der Waals surface area contributed by atoms with E-state index in [0.717, 1.165) is 0 Å². The van der Waals surface area contributed by atoms with Gasteiger partial charge in [-0.3, -0.25) is 0 Å². The molecule has 40 heavy (non-hydrogen) atoms. The summed E-state index contributed by atoms with van der Waals surface area (Å²) >= 11 is 0. The predicted octanol–water partition coefficient (Wildman–Crippen LogP) is 9.93. The van der Waals surface area contributed by atoms with E-state index in [2.05, 4.69) is 0 Å². The molecule has 2 atom stereocenters. The minimum absolute atomic E-state index is 0.130. The zero-order chi connectivity index (χ0) is 28.6. The smallest absolute Gasteiger partial charge is 0.200 e. The molecule has 0 radical (unpaired) electrons. The maximum atomic E-state index is 15.3. The highest BCUT2D eigenvalue weighted by Crippen LogP contribution is 2.42. The Hall–Kier alpha value is -3.48. The van der Waals surface area contributed by atoms with Crippen molar-refractivity contribution < 1.29 is 31.1 Å². The Labute approximate surface area is 230 Å². The second kappa shape index (κ2) is 11.6. The van der Waals surface area contributed by atoms with Gasteiger partial charge < -0.3 is 4.74 Å². The number of halogens is 6. The Kier molecular flexibility index (Phi) is 8.11. The van der Waals surface area contributed by atoms with Gasteiger partial charge in [-0.2, -0.15) is 4.39 Å². The molecule has 3 aromatic rings. The summed E-state index contributed by atoms with van der Waals surface area (Å²) < 4.78 is 93.2. The van der Waals surface area contributed by atoms with Gasteiger partial charge in [0.05, 0.1) is 6.61 Å². The summed E-state index contributed by atoms with van der Waals surface area (Å²) in [6.45, 7) is 3.41. The van der Waals surface area contributed by atoms with Crippen molar-refractivity contribution in [3.8, 4) is 5.75 Å². The van der Waals surface area contributed by atoms with Gasteiger partial charge in [-0.15, -0.1) is 0 Å². The third-order valence-electron chi connectivity index (χ3n) is 8.16. The van der Waals surface area contributed by atoms with E-state index in [1.165, 1.54) is 25.1 Å². The lowest BCUT2D eigenvalue weighted by molar-refractivity contribution is 0.312. The second-order valence-corrected chi connectivity index (χ2v) is 10.5. The average Bonchev–Trinajstić information content (AvgIpc) is 2.96. The number of hydrogen-bond acceptors (Lipinski definition) is 1. The molecular weight excluding hydrogens is 526 g/mol. The van der Waals surface area contributed by atoms with Crippen molar-refractivity contribution in [2.24, 2.45) is 0 Å². The molecule has 0 saturated heterocycles. The first-order valence-corrected chi connectivity index (χ1v) is 13.6. The maximum absolute atomic E-state index is 15.3. The Morgan fingerprint density at radius 2 is 1.12 bits per heavy atom. The molecule has 0 bridgehead atoms. The summed E-state index contributed by atoms with van der Waals surface area (Å²) in [7, 11) is 0. The fourth-order valence-electron chi connectivity index (χ4n) is 5.87. The summed E-state index contributed by atoms with van der Waals surface area (Å²) in [6.07, 6.45) is 6.05. The summed E-state index contributed by atoms with van der Waals surface area (Å²) in [5.74, 6) is -6.24. The number of ether oxygens (including phenoxy) is 1. The molecule has 1 nitrogen and oxygen atoms in total. The van der Waals surface area contributed by atoms with Crippen LogP contribution in [0.2, 0.25) is 0 Å². The first-order valence-electron chi connectivity index (χ1n) is 13.6. The van der Waals surface area contributed by atoms with Gasteiger partial charge in [0.1, 0.15) is 0 Å². The highest BCUT2D eigenvalue weighted by Gasteiger charge is 2.28. The normalized spacial score (nSPS) is 19.3. The van der Waals surface area contributed by atoms with Gasteiger partial charge in [0, 0.05) is 11.1 Å². The number of aryl methyl sites for hydroxylation is 1. The van der Waals surface area contributed by atoms with Crippen LogP contribution in [0, 0.1) is 41.8 Å². The van der Waals surface area contributed by atoms with Crippen molar-refractivity contribution in [2.75, 3.05) is 6.61 Å². The van der Waals surface area contributed by atoms with Crippen molar-refractivity contribution in [1.29, 1.82) is 0 Å². The third kappa shape index (κ3) is 5.18. The molecule has 2 aliphatic carbocycles. The molecule has 5 rings (SSSR count). The molecule has 0 fully saturated rings. The van der Waals surface area contributed by atoms with E-state index >= 15 is 8.78 Å². The van der Waals surface area contributed by atoms with Gasteiger partial charge in [0.25, 0.3) is 0 Å².